The van der Waals surface area contributed by atoms with Crippen LogP contribution in [0.4, 0.5) is 10.8 Å². The van der Waals surface area contributed by atoms with Crippen molar-refractivity contribution in [2.24, 2.45) is 0 Å². The van der Waals surface area contributed by atoms with Gasteiger partial charge in [0.25, 0.3) is 0 Å². The van der Waals surface area contributed by atoms with Crippen LogP contribution >= 0.6 is 22.7 Å². The largest absolute Gasteiger partial charge is 0.455 e. The first-order valence-electron chi connectivity index (χ1n) is 10.5. The zero-order chi connectivity index (χ0) is 23.7. The summed E-state index contributed by atoms with van der Waals surface area (Å²) in [6, 6.07) is 9.79. The second kappa shape index (κ2) is 9.33. The molecule has 0 aliphatic heterocycles. The molecular formula is C25H25N3O3S2. The van der Waals surface area contributed by atoms with E-state index in [1.54, 1.807) is 16.2 Å². The lowest BCUT2D eigenvalue weighted by Gasteiger charge is -2.20. The summed E-state index contributed by atoms with van der Waals surface area (Å²) in [5.74, 6) is -0.506. The summed E-state index contributed by atoms with van der Waals surface area (Å²) in [4.78, 5) is 32.7. The van der Waals surface area contributed by atoms with Gasteiger partial charge in [0.15, 0.2) is 5.13 Å². The van der Waals surface area contributed by atoms with Gasteiger partial charge in [0.05, 0.1) is 16.9 Å². The Labute approximate surface area is 201 Å². The minimum absolute atomic E-state index is 0.0351. The molecule has 4 rings (SSSR count). The van der Waals surface area contributed by atoms with Gasteiger partial charge in [-0.15, -0.1) is 22.7 Å². The summed E-state index contributed by atoms with van der Waals surface area (Å²) < 4.78 is 7.57. The van der Waals surface area contributed by atoms with Crippen LogP contribution in [0.3, 0.4) is 0 Å². The van der Waals surface area contributed by atoms with Crippen LogP contribution in [0.25, 0.3) is 5.00 Å². The van der Waals surface area contributed by atoms with Gasteiger partial charge >= 0.3 is 5.97 Å². The molecule has 4 aromatic rings. The summed E-state index contributed by atoms with van der Waals surface area (Å²) in [5, 5.41) is 3.22. The van der Waals surface area contributed by atoms with Gasteiger partial charge in [-0.1, -0.05) is 17.7 Å². The highest BCUT2D eigenvalue weighted by Crippen LogP contribution is 2.33. The lowest BCUT2D eigenvalue weighted by Crippen LogP contribution is -2.23. The molecule has 170 valence electrons. The van der Waals surface area contributed by atoms with Crippen LogP contribution in [0.5, 0.6) is 0 Å². The first kappa shape index (κ1) is 22.9. The number of benzene rings is 1. The van der Waals surface area contributed by atoms with Crippen LogP contribution in [0.1, 0.15) is 44.5 Å². The molecule has 6 nitrogen and oxygen atoms in total. The highest BCUT2D eigenvalue weighted by atomic mass is 32.1. The summed E-state index contributed by atoms with van der Waals surface area (Å²) in [5.41, 5.74) is 5.02. The molecule has 0 radical (unpaired) electrons. The van der Waals surface area contributed by atoms with Crippen molar-refractivity contribution in [1.82, 2.24) is 9.55 Å². The molecule has 0 atom stereocenters. The predicted octanol–water partition coefficient (Wildman–Crippen LogP) is 6.27. The molecule has 1 amide bonds. The molecule has 0 aliphatic rings. The fourth-order valence-electron chi connectivity index (χ4n) is 3.64. The summed E-state index contributed by atoms with van der Waals surface area (Å²) in [6.07, 6.45) is 3.83. The Bertz CT molecular complexity index is 1320. The Morgan fingerprint density at radius 3 is 2.52 bits per heavy atom. The fourth-order valence-corrected chi connectivity index (χ4v) is 5.62. The minimum atomic E-state index is -0.382. The Balaban J connectivity index is 1.54. The average Bonchev–Trinajstić information content (AvgIpc) is 3.50. The van der Waals surface area contributed by atoms with Crippen molar-refractivity contribution in [2.75, 3.05) is 4.90 Å². The number of ether oxygens (including phenoxy) is 1. The molecule has 0 N–H and O–H groups in total. The number of nitrogens with zero attached hydrogens (tertiary/aromatic N) is 3. The van der Waals surface area contributed by atoms with E-state index in [1.165, 1.54) is 18.3 Å². The standard InChI is InChI=1S/C25H25N3O3S2/c1-15-8-9-21(16(2)12-15)28(19(5)29)25-26-20(14-32-25)13-31-24(30)22-17(3)18(4)33-23(22)27-10-6-7-11-27/h6-12,14H,13H2,1-5H3. The summed E-state index contributed by atoms with van der Waals surface area (Å²) >= 11 is 2.91. The van der Waals surface area contributed by atoms with E-state index in [1.807, 2.05) is 80.4 Å². The van der Waals surface area contributed by atoms with Gasteiger partial charge in [0.1, 0.15) is 11.6 Å². The lowest BCUT2D eigenvalue weighted by atomic mass is 10.1. The molecule has 3 aromatic heterocycles. The molecule has 1 aromatic carbocycles. The first-order valence-corrected chi connectivity index (χ1v) is 12.2. The topological polar surface area (TPSA) is 64.4 Å². The highest BCUT2D eigenvalue weighted by Gasteiger charge is 2.23. The maximum absolute atomic E-state index is 13.0. The zero-order valence-electron chi connectivity index (χ0n) is 19.2. The van der Waals surface area contributed by atoms with Crippen molar-refractivity contribution in [2.45, 2.75) is 41.2 Å². The number of anilines is 2. The Morgan fingerprint density at radius 1 is 1.12 bits per heavy atom. The van der Waals surface area contributed by atoms with E-state index < -0.39 is 0 Å². The first-order chi connectivity index (χ1) is 15.8. The maximum atomic E-state index is 13.0. The van der Waals surface area contributed by atoms with Crippen LogP contribution in [-0.2, 0) is 16.1 Å². The lowest BCUT2D eigenvalue weighted by molar-refractivity contribution is -0.115. The number of esters is 1. The number of thiazole rings is 1. The number of hydrogen-bond acceptors (Lipinski definition) is 6. The molecule has 0 unspecified atom stereocenters. The molecule has 0 saturated heterocycles. The molecule has 0 fully saturated rings. The number of aromatic nitrogens is 2. The van der Waals surface area contributed by atoms with Gasteiger partial charge < -0.3 is 9.30 Å². The second-order valence-corrected chi connectivity index (χ2v) is 9.94. The van der Waals surface area contributed by atoms with Crippen LogP contribution in [0.15, 0.2) is 48.1 Å². The van der Waals surface area contributed by atoms with Crippen molar-refractivity contribution in [1.29, 1.82) is 0 Å². The van der Waals surface area contributed by atoms with E-state index >= 15 is 0 Å². The van der Waals surface area contributed by atoms with E-state index in [2.05, 4.69) is 4.98 Å². The Hall–Kier alpha value is -3.23. The van der Waals surface area contributed by atoms with Crippen LogP contribution < -0.4 is 4.90 Å². The van der Waals surface area contributed by atoms with E-state index in [9.17, 15) is 9.59 Å². The Morgan fingerprint density at radius 2 is 1.85 bits per heavy atom. The third-order valence-electron chi connectivity index (χ3n) is 5.40. The zero-order valence-corrected chi connectivity index (χ0v) is 20.8. The molecule has 3 heterocycles. The number of rotatable bonds is 6. The van der Waals surface area contributed by atoms with Gasteiger partial charge in [-0.05, 0) is 57.0 Å². The molecule has 0 bridgehead atoms. The average molecular weight is 480 g/mol. The van der Waals surface area contributed by atoms with Gasteiger partial charge in [-0.2, -0.15) is 0 Å². The normalized spacial score (nSPS) is 10.9. The fraction of sp³-hybridized carbons (Fsp3) is 0.240. The van der Waals surface area contributed by atoms with E-state index in [0.29, 0.717) is 16.4 Å². The van der Waals surface area contributed by atoms with Gasteiger partial charge in [0.2, 0.25) is 5.91 Å². The monoisotopic (exact) mass is 479 g/mol. The molecule has 0 saturated carbocycles. The molecule has 33 heavy (non-hydrogen) atoms. The number of thiophene rings is 1. The van der Waals surface area contributed by atoms with E-state index in [-0.39, 0.29) is 18.5 Å². The van der Waals surface area contributed by atoms with Gasteiger partial charge in [-0.3, -0.25) is 9.69 Å². The molecule has 0 aliphatic carbocycles. The van der Waals surface area contributed by atoms with Crippen molar-refractivity contribution in [3.05, 3.63) is 80.9 Å². The van der Waals surface area contributed by atoms with Crippen molar-refractivity contribution in [3.8, 4) is 5.00 Å². The third kappa shape index (κ3) is 4.62. The Kier molecular flexibility index (Phi) is 6.49. The SMILES string of the molecule is CC(=O)N(c1nc(COC(=O)c2c(-n3cccc3)sc(C)c2C)cs1)c1ccc(C)cc1C. The van der Waals surface area contributed by atoms with Gasteiger partial charge in [0, 0.05) is 29.6 Å². The smallest absolute Gasteiger partial charge is 0.341 e. The number of amides is 1. The molecule has 0 spiro atoms. The van der Waals surface area contributed by atoms with Crippen molar-refractivity contribution in [3.63, 3.8) is 0 Å². The number of carbonyl (C=O) groups excluding carboxylic acids is 2. The van der Waals surface area contributed by atoms with Crippen LogP contribution in [0.2, 0.25) is 0 Å². The number of aryl methyl sites for hydroxylation is 3. The maximum Gasteiger partial charge on any atom is 0.341 e. The highest BCUT2D eigenvalue weighted by molar-refractivity contribution is 7.15. The molecular weight excluding hydrogens is 454 g/mol. The number of hydrogen-bond donors (Lipinski definition) is 0. The molecule has 8 heteroatoms. The van der Waals surface area contributed by atoms with Gasteiger partial charge in [-0.25, -0.2) is 9.78 Å². The van der Waals surface area contributed by atoms with Crippen molar-refractivity contribution >= 4 is 45.4 Å². The second-order valence-electron chi connectivity index (χ2n) is 7.90. The van der Waals surface area contributed by atoms with Crippen LogP contribution in [-0.4, -0.2) is 21.4 Å². The van der Waals surface area contributed by atoms with E-state index in [0.717, 1.165) is 32.3 Å². The van der Waals surface area contributed by atoms with Crippen LogP contribution in [0, 0.1) is 27.7 Å². The summed E-state index contributed by atoms with van der Waals surface area (Å²) in [6.45, 7) is 9.48. The quantitative estimate of drug-likeness (QED) is 0.306. The summed E-state index contributed by atoms with van der Waals surface area (Å²) in [7, 11) is 0. The van der Waals surface area contributed by atoms with Crippen molar-refractivity contribution < 1.29 is 14.3 Å². The predicted molar refractivity (Wildman–Crippen MR) is 133 cm³/mol. The third-order valence-corrected chi connectivity index (χ3v) is 7.50. The minimum Gasteiger partial charge on any atom is -0.455 e. The number of carbonyl (C=O) groups is 2. The van der Waals surface area contributed by atoms with E-state index in [4.69, 9.17) is 4.74 Å².